The van der Waals surface area contributed by atoms with Crippen LogP contribution in [0.4, 0.5) is 0 Å². The van der Waals surface area contributed by atoms with Crippen molar-refractivity contribution in [2.24, 2.45) is 5.92 Å². The molecule has 15 heavy (non-hydrogen) atoms. The van der Waals surface area contributed by atoms with Gasteiger partial charge >= 0.3 is 0 Å². The van der Waals surface area contributed by atoms with Crippen molar-refractivity contribution < 1.29 is 4.74 Å². The smallest absolute Gasteiger partial charge is 0.118 e. The van der Waals surface area contributed by atoms with Crippen LogP contribution in [0, 0.1) is 5.92 Å². The highest BCUT2D eigenvalue weighted by atomic mass is 32.2. The van der Waals surface area contributed by atoms with Gasteiger partial charge in [-0.15, -0.1) is 11.8 Å². The number of benzene rings is 1. The lowest BCUT2D eigenvalue weighted by molar-refractivity contribution is 0.414. The average Bonchev–Trinajstić information content (AvgIpc) is 2.27. The average molecular weight is 225 g/mol. The quantitative estimate of drug-likeness (QED) is 0.752. The number of methoxy groups -OCH3 is 1. The largest absolute Gasteiger partial charge is 0.497 e. The van der Waals surface area contributed by atoms with Crippen LogP contribution in [-0.4, -0.2) is 26.5 Å². The molecule has 0 aliphatic carbocycles. The Balaban J connectivity index is 2.37. The van der Waals surface area contributed by atoms with Gasteiger partial charge in [0.25, 0.3) is 0 Å². The lowest BCUT2D eigenvalue weighted by Gasteiger charge is -2.10. The molecule has 1 atom stereocenters. The summed E-state index contributed by atoms with van der Waals surface area (Å²) in [6, 6.07) is 8.22. The summed E-state index contributed by atoms with van der Waals surface area (Å²) in [5.41, 5.74) is 0. The van der Waals surface area contributed by atoms with Crippen molar-refractivity contribution in [3.63, 3.8) is 0 Å². The fraction of sp³-hybridized carbons (Fsp3) is 0.500. The van der Waals surface area contributed by atoms with E-state index in [4.69, 9.17) is 4.74 Å². The Morgan fingerprint density at radius 1 is 1.33 bits per heavy atom. The van der Waals surface area contributed by atoms with Crippen molar-refractivity contribution in [2.45, 2.75) is 11.8 Å². The van der Waals surface area contributed by atoms with E-state index in [9.17, 15) is 0 Å². The third-order valence-electron chi connectivity index (χ3n) is 2.15. The van der Waals surface area contributed by atoms with E-state index in [0.717, 1.165) is 18.0 Å². The zero-order valence-corrected chi connectivity index (χ0v) is 10.4. The topological polar surface area (TPSA) is 21.3 Å². The minimum atomic E-state index is 0.696. The minimum absolute atomic E-state index is 0.696. The van der Waals surface area contributed by atoms with Gasteiger partial charge in [-0.05, 0) is 43.8 Å². The molecule has 0 radical (unpaired) electrons. The molecule has 0 aromatic heterocycles. The summed E-state index contributed by atoms with van der Waals surface area (Å²) in [5, 5.41) is 3.19. The van der Waals surface area contributed by atoms with E-state index in [0.29, 0.717) is 5.92 Å². The van der Waals surface area contributed by atoms with E-state index in [2.05, 4.69) is 24.4 Å². The van der Waals surface area contributed by atoms with Crippen LogP contribution in [0.5, 0.6) is 5.75 Å². The molecule has 0 aliphatic rings. The Bertz CT molecular complexity index is 273. The zero-order chi connectivity index (χ0) is 11.1. The summed E-state index contributed by atoms with van der Waals surface area (Å²) in [7, 11) is 3.69. The first-order valence-corrected chi connectivity index (χ1v) is 6.16. The van der Waals surface area contributed by atoms with E-state index in [-0.39, 0.29) is 0 Å². The fourth-order valence-electron chi connectivity index (χ4n) is 1.32. The second kappa shape index (κ2) is 6.75. The predicted octanol–water partition coefficient (Wildman–Crippen LogP) is 2.64. The Morgan fingerprint density at radius 2 is 2.00 bits per heavy atom. The van der Waals surface area contributed by atoms with E-state index >= 15 is 0 Å². The van der Waals surface area contributed by atoms with Crippen LogP contribution in [0.3, 0.4) is 0 Å². The van der Waals surface area contributed by atoms with Gasteiger partial charge in [0.2, 0.25) is 0 Å². The Kier molecular flexibility index (Phi) is 5.58. The van der Waals surface area contributed by atoms with E-state index < -0.39 is 0 Å². The second-order valence-corrected chi connectivity index (χ2v) is 4.74. The van der Waals surface area contributed by atoms with Crippen LogP contribution in [0.2, 0.25) is 0 Å². The Morgan fingerprint density at radius 3 is 2.53 bits per heavy atom. The molecule has 1 aromatic rings. The molecule has 0 fully saturated rings. The maximum Gasteiger partial charge on any atom is 0.118 e. The number of rotatable bonds is 6. The van der Waals surface area contributed by atoms with Crippen LogP contribution in [0.25, 0.3) is 0 Å². The molecule has 0 saturated carbocycles. The molecule has 84 valence electrons. The summed E-state index contributed by atoms with van der Waals surface area (Å²) >= 11 is 1.89. The standard InChI is InChI=1S/C12H19NOS/c1-10(8-13-2)9-15-12-6-4-11(14-3)5-7-12/h4-7,10,13H,8-9H2,1-3H3. The van der Waals surface area contributed by atoms with Crippen LogP contribution < -0.4 is 10.1 Å². The van der Waals surface area contributed by atoms with Gasteiger partial charge in [0, 0.05) is 10.6 Å². The van der Waals surface area contributed by atoms with Gasteiger partial charge in [0.05, 0.1) is 7.11 Å². The molecule has 0 saturated heterocycles. The highest BCUT2D eigenvalue weighted by Crippen LogP contribution is 2.22. The van der Waals surface area contributed by atoms with Crippen LogP contribution in [-0.2, 0) is 0 Å². The molecule has 0 amide bonds. The monoisotopic (exact) mass is 225 g/mol. The maximum absolute atomic E-state index is 5.11. The summed E-state index contributed by atoms with van der Waals surface area (Å²) in [5.74, 6) is 2.76. The van der Waals surface area contributed by atoms with Crippen molar-refractivity contribution in [2.75, 3.05) is 26.5 Å². The summed E-state index contributed by atoms with van der Waals surface area (Å²) < 4.78 is 5.11. The maximum atomic E-state index is 5.11. The lowest BCUT2D eigenvalue weighted by atomic mass is 10.2. The van der Waals surface area contributed by atoms with Crippen LogP contribution in [0.15, 0.2) is 29.2 Å². The van der Waals surface area contributed by atoms with Crippen molar-refractivity contribution >= 4 is 11.8 Å². The second-order valence-electron chi connectivity index (χ2n) is 3.65. The Labute approximate surface area is 96.4 Å². The van der Waals surface area contributed by atoms with Gasteiger partial charge in [-0.2, -0.15) is 0 Å². The molecular weight excluding hydrogens is 206 g/mol. The third-order valence-corrected chi connectivity index (χ3v) is 3.49. The first-order chi connectivity index (χ1) is 7.26. The van der Waals surface area contributed by atoms with Gasteiger partial charge in [0.15, 0.2) is 0 Å². The van der Waals surface area contributed by atoms with E-state index in [1.807, 2.05) is 30.9 Å². The van der Waals surface area contributed by atoms with Crippen molar-refractivity contribution in [1.82, 2.24) is 5.32 Å². The normalized spacial score (nSPS) is 12.5. The van der Waals surface area contributed by atoms with Crippen LogP contribution in [0.1, 0.15) is 6.92 Å². The SMILES string of the molecule is CNCC(C)CSc1ccc(OC)cc1. The number of thioether (sulfide) groups is 1. The summed E-state index contributed by atoms with van der Waals surface area (Å²) in [6.45, 7) is 3.33. The van der Waals surface area contributed by atoms with Crippen molar-refractivity contribution in [3.05, 3.63) is 24.3 Å². The lowest BCUT2D eigenvalue weighted by Crippen LogP contribution is -2.17. The minimum Gasteiger partial charge on any atom is -0.497 e. The molecule has 3 heteroatoms. The highest BCUT2D eigenvalue weighted by Gasteiger charge is 2.01. The first-order valence-electron chi connectivity index (χ1n) is 5.17. The molecule has 2 nitrogen and oxygen atoms in total. The molecule has 1 unspecified atom stereocenters. The van der Waals surface area contributed by atoms with Gasteiger partial charge in [-0.1, -0.05) is 6.92 Å². The number of nitrogens with one attached hydrogen (secondary N) is 1. The molecule has 0 spiro atoms. The van der Waals surface area contributed by atoms with Crippen molar-refractivity contribution in [1.29, 1.82) is 0 Å². The zero-order valence-electron chi connectivity index (χ0n) is 9.62. The van der Waals surface area contributed by atoms with E-state index in [1.54, 1.807) is 7.11 Å². The van der Waals surface area contributed by atoms with Gasteiger partial charge in [-0.3, -0.25) is 0 Å². The molecule has 1 aromatic carbocycles. The molecule has 0 heterocycles. The number of hydrogen-bond acceptors (Lipinski definition) is 3. The molecule has 0 bridgehead atoms. The predicted molar refractivity (Wildman–Crippen MR) is 66.8 cm³/mol. The number of ether oxygens (including phenoxy) is 1. The molecular formula is C12H19NOS. The van der Waals surface area contributed by atoms with Gasteiger partial charge < -0.3 is 10.1 Å². The summed E-state index contributed by atoms with van der Waals surface area (Å²) in [4.78, 5) is 1.30. The summed E-state index contributed by atoms with van der Waals surface area (Å²) in [6.07, 6.45) is 0. The fourth-order valence-corrected chi connectivity index (χ4v) is 2.24. The highest BCUT2D eigenvalue weighted by molar-refractivity contribution is 7.99. The Hall–Kier alpha value is -0.670. The van der Waals surface area contributed by atoms with Gasteiger partial charge in [0.1, 0.15) is 5.75 Å². The van der Waals surface area contributed by atoms with Crippen LogP contribution >= 0.6 is 11.8 Å². The third kappa shape index (κ3) is 4.58. The molecule has 1 rings (SSSR count). The first kappa shape index (κ1) is 12.4. The van der Waals surface area contributed by atoms with Crippen molar-refractivity contribution in [3.8, 4) is 5.75 Å². The van der Waals surface area contributed by atoms with Gasteiger partial charge in [-0.25, -0.2) is 0 Å². The van der Waals surface area contributed by atoms with E-state index in [1.165, 1.54) is 4.90 Å². The number of hydrogen-bond donors (Lipinski definition) is 1. The molecule has 0 aliphatic heterocycles. The molecule has 1 N–H and O–H groups in total.